The zero-order chi connectivity index (χ0) is 12.1. The summed E-state index contributed by atoms with van der Waals surface area (Å²) in [4.78, 5) is 0. The summed E-state index contributed by atoms with van der Waals surface area (Å²) in [5.74, 6) is 0.580. The molecule has 0 radical (unpaired) electrons. The molecule has 0 heterocycles. The van der Waals surface area contributed by atoms with Crippen LogP contribution in [0, 0.1) is 11.3 Å². The monoisotopic (exact) mass is 227 g/mol. The number of nitrogens with zero attached hydrogens (tertiary/aromatic N) is 1. The van der Waals surface area contributed by atoms with Gasteiger partial charge in [0.2, 0.25) is 0 Å². The molecule has 1 aromatic rings. The molecule has 0 atom stereocenters. The lowest BCUT2D eigenvalue weighted by Crippen LogP contribution is -1.98. The summed E-state index contributed by atoms with van der Waals surface area (Å²) < 4.78 is 35.3. The number of alkyl halides is 2. The molecule has 86 valence electrons. The molecule has 0 aliphatic carbocycles. The fraction of sp³-hybridized carbons (Fsp3) is 0.364. The van der Waals surface area contributed by atoms with Crippen molar-refractivity contribution < 1.29 is 18.3 Å². The molecule has 0 spiro atoms. The van der Waals surface area contributed by atoms with Crippen molar-refractivity contribution in [2.75, 3.05) is 14.2 Å². The van der Waals surface area contributed by atoms with Gasteiger partial charge in [0.1, 0.15) is 0 Å². The quantitative estimate of drug-likeness (QED) is 0.794. The maximum absolute atomic E-state index is 12.7. The van der Waals surface area contributed by atoms with Gasteiger partial charge in [-0.25, -0.2) is 8.78 Å². The predicted octanol–water partition coefficient (Wildman–Crippen LogP) is 2.71. The predicted molar refractivity (Wildman–Crippen MR) is 53.8 cm³/mol. The van der Waals surface area contributed by atoms with Crippen LogP contribution in [0.5, 0.6) is 11.5 Å². The Morgan fingerprint density at radius 3 is 2.25 bits per heavy atom. The minimum absolute atomic E-state index is 0.0833. The van der Waals surface area contributed by atoms with Gasteiger partial charge in [-0.15, -0.1) is 0 Å². The van der Waals surface area contributed by atoms with E-state index >= 15 is 0 Å². The van der Waals surface area contributed by atoms with Gasteiger partial charge < -0.3 is 9.47 Å². The Morgan fingerprint density at radius 2 is 1.81 bits per heavy atom. The highest BCUT2D eigenvalue weighted by molar-refractivity contribution is 5.48. The Labute approximate surface area is 92.2 Å². The smallest absolute Gasteiger partial charge is 0.264 e. The molecule has 3 nitrogen and oxygen atoms in total. The van der Waals surface area contributed by atoms with Crippen molar-refractivity contribution in [1.82, 2.24) is 0 Å². The molecule has 0 aliphatic rings. The maximum atomic E-state index is 12.7. The molecule has 0 saturated carbocycles. The van der Waals surface area contributed by atoms with Crippen LogP contribution >= 0.6 is 0 Å². The number of hydrogen-bond donors (Lipinski definition) is 0. The third kappa shape index (κ3) is 2.40. The minimum Gasteiger partial charge on any atom is -0.493 e. The fourth-order valence-corrected chi connectivity index (χ4v) is 1.38. The van der Waals surface area contributed by atoms with Crippen LogP contribution in [0.25, 0.3) is 0 Å². The van der Waals surface area contributed by atoms with Crippen LogP contribution in [0.1, 0.15) is 17.6 Å². The van der Waals surface area contributed by atoms with Crippen LogP contribution < -0.4 is 9.47 Å². The molecule has 0 bridgehead atoms. The van der Waals surface area contributed by atoms with Crippen LogP contribution in [0.15, 0.2) is 12.1 Å². The van der Waals surface area contributed by atoms with Gasteiger partial charge >= 0.3 is 0 Å². The summed E-state index contributed by atoms with van der Waals surface area (Å²) in [5.41, 5.74) is 0.0642. The van der Waals surface area contributed by atoms with Crippen LogP contribution in [0.3, 0.4) is 0 Å². The number of methoxy groups -OCH3 is 2. The van der Waals surface area contributed by atoms with E-state index in [-0.39, 0.29) is 23.3 Å². The molecule has 0 saturated heterocycles. The molecule has 0 aromatic heterocycles. The SMILES string of the molecule is COc1cc(CC#N)c(C(F)F)cc1OC. The number of hydrogen-bond acceptors (Lipinski definition) is 3. The fourth-order valence-electron chi connectivity index (χ4n) is 1.38. The summed E-state index contributed by atoms with van der Waals surface area (Å²) in [6.45, 7) is 0. The molecule has 0 N–H and O–H groups in total. The lowest BCUT2D eigenvalue weighted by atomic mass is 10.0. The first-order valence-electron chi connectivity index (χ1n) is 4.54. The van der Waals surface area contributed by atoms with Crippen molar-refractivity contribution in [3.8, 4) is 17.6 Å². The number of benzene rings is 1. The largest absolute Gasteiger partial charge is 0.493 e. The van der Waals surface area contributed by atoms with Gasteiger partial charge in [-0.2, -0.15) is 5.26 Å². The molecule has 5 heteroatoms. The topological polar surface area (TPSA) is 42.2 Å². The van der Waals surface area contributed by atoms with E-state index in [2.05, 4.69) is 0 Å². The molecule has 0 fully saturated rings. The van der Waals surface area contributed by atoms with E-state index in [0.29, 0.717) is 5.75 Å². The van der Waals surface area contributed by atoms with Crippen molar-refractivity contribution in [3.63, 3.8) is 0 Å². The van der Waals surface area contributed by atoms with Crippen LogP contribution in [0.4, 0.5) is 8.78 Å². The van der Waals surface area contributed by atoms with E-state index < -0.39 is 6.43 Å². The normalized spacial score (nSPS) is 10.0. The number of rotatable bonds is 4. The molecule has 0 aliphatic heterocycles. The maximum Gasteiger partial charge on any atom is 0.264 e. The van der Waals surface area contributed by atoms with Gasteiger partial charge in [-0.1, -0.05) is 0 Å². The Kier molecular flexibility index (Phi) is 4.06. The Bertz CT molecular complexity index is 413. The molecule has 0 unspecified atom stereocenters. The Morgan fingerprint density at radius 1 is 1.25 bits per heavy atom. The standard InChI is InChI=1S/C11H11F2NO2/c1-15-9-5-7(3-4-14)8(11(12)13)6-10(9)16-2/h5-6,11H,3H2,1-2H3. The van der Waals surface area contributed by atoms with Crippen molar-refractivity contribution in [3.05, 3.63) is 23.3 Å². The van der Waals surface area contributed by atoms with Gasteiger partial charge in [-0.05, 0) is 17.7 Å². The second kappa shape index (κ2) is 5.31. The number of halogens is 2. The van der Waals surface area contributed by atoms with E-state index in [1.807, 2.05) is 6.07 Å². The summed E-state index contributed by atoms with van der Waals surface area (Å²) >= 11 is 0. The van der Waals surface area contributed by atoms with E-state index in [0.717, 1.165) is 0 Å². The van der Waals surface area contributed by atoms with Crippen LogP contribution in [0.2, 0.25) is 0 Å². The summed E-state index contributed by atoms with van der Waals surface area (Å²) in [5, 5.41) is 8.55. The number of ether oxygens (including phenoxy) is 2. The first-order valence-corrected chi connectivity index (χ1v) is 4.54. The second-order valence-electron chi connectivity index (χ2n) is 3.04. The van der Waals surface area contributed by atoms with Crippen molar-refractivity contribution in [2.24, 2.45) is 0 Å². The third-order valence-corrected chi connectivity index (χ3v) is 2.15. The second-order valence-corrected chi connectivity index (χ2v) is 3.04. The first-order chi connectivity index (χ1) is 7.63. The lowest BCUT2D eigenvalue weighted by Gasteiger charge is -2.12. The summed E-state index contributed by atoms with van der Waals surface area (Å²) in [6.07, 6.45) is -2.72. The highest BCUT2D eigenvalue weighted by atomic mass is 19.3. The van der Waals surface area contributed by atoms with E-state index in [9.17, 15) is 8.78 Å². The van der Waals surface area contributed by atoms with Crippen molar-refractivity contribution >= 4 is 0 Å². The third-order valence-electron chi connectivity index (χ3n) is 2.15. The van der Waals surface area contributed by atoms with E-state index in [1.54, 1.807) is 0 Å². The van der Waals surface area contributed by atoms with Crippen molar-refractivity contribution in [1.29, 1.82) is 5.26 Å². The van der Waals surface area contributed by atoms with E-state index in [1.165, 1.54) is 26.4 Å². The highest BCUT2D eigenvalue weighted by Crippen LogP contribution is 2.35. The summed E-state index contributed by atoms with van der Waals surface area (Å²) in [7, 11) is 2.78. The Balaban J connectivity index is 3.30. The highest BCUT2D eigenvalue weighted by Gasteiger charge is 2.17. The lowest BCUT2D eigenvalue weighted by molar-refractivity contribution is 0.150. The Hall–Kier alpha value is -1.83. The van der Waals surface area contributed by atoms with Crippen LogP contribution in [-0.4, -0.2) is 14.2 Å². The zero-order valence-corrected chi connectivity index (χ0v) is 8.96. The molecular formula is C11H11F2NO2. The molecule has 16 heavy (non-hydrogen) atoms. The average Bonchev–Trinajstić information content (AvgIpc) is 2.28. The molecule has 1 rings (SSSR count). The van der Waals surface area contributed by atoms with Gasteiger partial charge in [0, 0.05) is 5.56 Å². The van der Waals surface area contributed by atoms with Gasteiger partial charge in [-0.3, -0.25) is 0 Å². The van der Waals surface area contributed by atoms with Crippen molar-refractivity contribution in [2.45, 2.75) is 12.8 Å². The molecule has 1 aromatic carbocycles. The molecular weight excluding hydrogens is 216 g/mol. The number of nitriles is 1. The average molecular weight is 227 g/mol. The van der Waals surface area contributed by atoms with Gasteiger partial charge in [0.05, 0.1) is 26.7 Å². The van der Waals surface area contributed by atoms with Crippen LogP contribution in [-0.2, 0) is 6.42 Å². The molecule has 0 amide bonds. The minimum atomic E-state index is -2.64. The van der Waals surface area contributed by atoms with Gasteiger partial charge in [0.15, 0.2) is 11.5 Å². The van der Waals surface area contributed by atoms with E-state index in [4.69, 9.17) is 14.7 Å². The first kappa shape index (κ1) is 12.2. The van der Waals surface area contributed by atoms with Gasteiger partial charge in [0.25, 0.3) is 6.43 Å². The summed E-state index contributed by atoms with van der Waals surface area (Å²) in [6, 6.07) is 4.45. The zero-order valence-electron chi connectivity index (χ0n) is 8.96.